The third-order valence-corrected chi connectivity index (χ3v) is 2.42. The minimum Gasteiger partial charge on any atom is -0.459 e. The summed E-state index contributed by atoms with van der Waals surface area (Å²) in [4.78, 5) is 0. The Morgan fingerprint density at radius 1 is 1.00 bits per heavy atom. The van der Waals surface area contributed by atoms with Crippen molar-refractivity contribution in [2.45, 2.75) is 6.92 Å². The Labute approximate surface area is 97.9 Å². The molecule has 84 valence electrons. The summed E-state index contributed by atoms with van der Waals surface area (Å²) in [6.45, 7) is 2.02. The smallest absolute Gasteiger partial charge is 0.283 e. The first-order valence-electron chi connectivity index (χ1n) is 5.27. The number of benzene rings is 1. The quantitative estimate of drug-likeness (QED) is 0.672. The molecule has 4 nitrogen and oxygen atoms in total. The van der Waals surface area contributed by atoms with Crippen LogP contribution in [0.5, 0.6) is 0 Å². The van der Waals surface area contributed by atoms with Gasteiger partial charge in [-0.15, -0.1) is 10.2 Å². The minimum atomic E-state index is 0.395. The monoisotopic (exact) mass is 226 g/mol. The lowest BCUT2D eigenvalue weighted by Gasteiger charge is -1.95. The molecule has 0 saturated heterocycles. The average Bonchev–Trinajstić information content (AvgIpc) is 3.00. The van der Waals surface area contributed by atoms with Crippen LogP contribution in [-0.4, -0.2) is 10.2 Å². The van der Waals surface area contributed by atoms with Crippen molar-refractivity contribution >= 4 is 0 Å². The third kappa shape index (κ3) is 1.85. The van der Waals surface area contributed by atoms with E-state index in [0.717, 1.165) is 11.1 Å². The second kappa shape index (κ2) is 3.90. The molecule has 0 aliphatic heterocycles. The molecule has 0 aliphatic rings. The highest BCUT2D eigenvalue weighted by atomic mass is 16.4. The van der Waals surface area contributed by atoms with Gasteiger partial charge in [0.2, 0.25) is 5.89 Å². The van der Waals surface area contributed by atoms with Crippen LogP contribution in [0.4, 0.5) is 0 Å². The van der Waals surface area contributed by atoms with E-state index in [-0.39, 0.29) is 0 Å². The van der Waals surface area contributed by atoms with Crippen molar-refractivity contribution in [2.24, 2.45) is 0 Å². The van der Waals surface area contributed by atoms with Crippen molar-refractivity contribution in [3.63, 3.8) is 0 Å². The maximum absolute atomic E-state index is 5.55. The first kappa shape index (κ1) is 9.84. The number of rotatable bonds is 2. The molecule has 4 heteroatoms. The van der Waals surface area contributed by atoms with E-state index in [1.54, 1.807) is 18.4 Å². The zero-order chi connectivity index (χ0) is 11.7. The molecule has 0 unspecified atom stereocenters. The molecule has 17 heavy (non-hydrogen) atoms. The van der Waals surface area contributed by atoms with E-state index in [2.05, 4.69) is 10.2 Å². The van der Waals surface area contributed by atoms with Crippen LogP contribution in [0, 0.1) is 6.92 Å². The summed E-state index contributed by atoms with van der Waals surface area (Å²) in [6.07, 6.45) is 1.58. The van der Waals surface area contributed by atoms with Gasteiger partial charge in [0.05, 0.1) is 6.26 Å². The van der Waals surface area contributed by atoms with Crippen LogP contribution in [0.2, 0.25) is 0 Å². The number of nitrogens with zero attached hydrogens (tertiary/aromatic N) is 2. The summed E-state index contributed by atoms with van der Waals surface area (Å²) < 4.78 is 10.7. The van der Waals surface area contributed by atoms with E-state index in [0.29, 0.717) is 17.5 Å². The summed E-state index contributed by atoms with van der Waals surface area (Å²) >= 11 is 0. The van der Waals surface area contributed by atoms with Crippen molar-refractivity contribution in [2.75, 3.05) is 0 Å². The second-order valence-corrected chi connectivity index (χ2v) is 3.76. The van der Waals surface area contributed by atoms with Gasteiger partial charge in [-0.2, -0.15) is 0 Å². The Bertz CT molecular complexity index is 626. The molecule has 0 N–H and O–H groups in total. The van der Waals surface area contributed by atoms with E-state index >= 15 is 0 Å². The van der Waals surface area contributed by atoms with Gasteiger partial charge in [0.25, 0.3) is 5.89 Å². The highest BCUT2D eigenvalue weighted by Gasteiger charge is 2.11. The average molecular weight is 226 g/mol. The van der Waals surface area contributed by atoms with Crippen molar-refractivity contribution in [3.05, 3.63) is 48.2 Å². The van der Waals surface area contributed by atoms with Gasteiger partial charge < -0.3 is 8.83 Å². The summed E-state index contributed by atoms with van der Waals surface area (Å²) in [5.41, 5.74) is 2.07. The van der Waals surface area contributed by atoms with Crippen LogP contribution in [0.1, 0.15) is 5.56 Å². The van der Waals surface area contributed by atoms with Gasteiger partial charge in [-0.05, 0) is 31.2 Å². The van der Waals surface area contributed by atoms with Crippen LogP contribution < -0.4 is 0 Å². The predicted molar refractivity (Wildman–Crippen MR) is 62.2 cm³/mol. The van der Waals surface area contributed by atoms with Gasteiger partial charge in [-0.1, -0.05) is 17.7 Å². The Morgan fingerprint density at radius 3 is 2.65 bits per heavy atom. The normalized spacial score (nSPS) is 10.6. The van der Waals surface area contributed by atoms with Crippen LogP contribution >= 0.6 is 0 Å². The van der Waals surface area contributed by atoms with Crippen molar-refractivity contribution in [3.8, 4) is 23.1 Å². The molecule has 0 spiro atoms. The fourth-order valence-electron chi connectivity index (χ4n) is 1.62. The van der Waals surface area contributed by atoms with Crippen molar-refractivity contribution in [1.29, 1.82) is 0 Å². The fraction of sp³-hybridized carbons (Fsp3) is 0.0769. The Hall–Kier alpha value is -2.36. The first-order chi connectivity index (χ1) is 8.33. The Balaban J connectivity index is 2.01. The number of furan rings is 1. The number of hydrogen-bond donors (Lipinski definition) is 0. The van der Waals surface area contributed by atoms with Crippen LogP contribution in [0.3, 0.4) is 0 Å². The van der Waals surface area contributed by atoms with Crippen LogP contribution in [-0.2, 0) is 0 Å². The van der Waals surface area contributed by atoms with Crippen molar-refractivity contribution in [1.82, 2.24) is 10.2 Å². The maximum atomic E-state index is 5.55. The molecule has 2 aromatic heterocycles. The molecule has 0 fully saturated rings. The summed E-state index contributed by atoms with van der Waals surface area (Å²) in [6, 6.07) is 11.5. The van der Waals surface area contributed by atoms with Gasteiger partial charge in [0.15, 0.2) is 5.76 Å². The first-order valence-corrected chi connectivity index (χ1v) is 5.27. The molecule has 0 radical (unpaired) electrons. The molecule has 0 bridgehead atoms. The standard InChI is InChI=1S/C13H10N2O2/c1-9-4-2-5-10(8-9)12-14-15-13(17-12)11-6-3-7-16-11/h2-8H,1H3. The molecular formula is C13H10N2O2. The van der Waals surface area contributed by atoms with Gasteiger partial charge in [0.1, 0.15) is 0 Å². The zero-order valence-electron chi connectivity index (χ0n) is 9.25. The van der Waals surface area contributed by atoms with E-state index in [4.69, 9.17) is 8.83 Å². The van der Waals surface area contributed by atoms with E-state index in [1.165, 1.54) is 0 Å². The summed E-state index contributed by atoms with van der Waals surface area (Å²) in [7, 11) is 0. The molecule has 0 aliphatic carbocycles. The lowest BCUT2D eigenvalue weighted by atomic mass is 10.1. The molecule has 1 aromatic carbocycles. The van der Waals surface area contributed by atoms with Crippen LogP contribution in [0.15, 0.2) is 51.5 Å². The lowest BCUT2D eigenvalue weighted by Crippen LogP contribution is -1.78. The summed E-state index contributed by atoms with van der Waals surface area (Å²) in [5.74, 6) is 1.48. The molecule has 2 heterocycles. The molecule has 0 saturated carbocycles. The topological polar surface area (TPSA) is 52.1 Å². The SMILES string of the molecule is Cc1cccc(-c2nnc(-c3ccco3)o2)c1. The molecule has 0 amide bonds. The molecule has 3 aromatic rings. The van der Waals surface area contributed by atoms with Crippen molar-refractivity contribution < 1.29 is 8.83 Å². The number of aromatic nitrogens is 2. The van der Waals surface area contributed by atoms with Gasteiger partial charge in [-0.3, -0.25) is 0 Å². The lowest BCUT2D eigenvalue weighted by molar-refractivity contribution is 0.523. The highest BCUT2D eigenvalue weighted by molar-refractivity contribution is 5.55. The Kier molecular flexibility index (Phi) is 2.26. The Morgan fingerprint density at radius 2 is 1.88 bits per heavy atom. The zero-order valence-corrected chi connectivity index (χ0v) is 9.25. The summed E-state index contributed by atoms with van der Waals surface area (Å²) in [5, 5.41) is 7.96. The molecule has 3 rings (SSSR count). The number of aryl methyl sites for hydroxylation is 1. The predicted octanol–water partition coefficient (Wildman–Crippen LogP) is 3.31. The number of hydrogen-bond acceptors (Lipinski definition) is 4. The van der Waals surface area contributed by atoms with E-state index in [9.17, 15) is 0 Å². The third-order valence-electron chi connectivity index (χ3n) is 2.42. The van der Waals surface area contributed by atoms with E-state index < -0.39 is 0 Å². The second-order valence-electron chi connectivity index (χ2n) is 3.76. The van der Waals surface area contributed by atoms with E-state index in [1.807, 2.05) is 31.2 Å². The van der Waals surface area contributed by atoms with Crippen LogP contribution in [0.25, 0.3) is 23.1 Å². The maximum Gasteiger partial charge on any atom is 0.283 e. The van der Waals surface area contributed by atoms with Gasteiger partial charge in [-0.25, -0.2) is 0 Å². The fourth-order valence-corrected chi connectivity index (χ4v) is 1.62. The molecule has 0 atom stereocenters. The minimum absolute atomic E-state index is 0.395. The van der Waals surface area contributed by atoms with Gasteiger partial charge >= 0.3 is 0 Å². The largest absolute Gasteiger partial charge is 0.459 e. The highest BCUT2D eigenvalue weighted by Crippen LogP contribution is 2.24. The van der Waals surface area contributed by atoms with Gasteiger partial charge in [0, 0.05) is 5.56 Å². The molecular weight excluding hydrogens is 216 g/mol.